The van der Waals surface area contributed by atoms with Gasteiger partial charge >= 0.3 is 0 Å². The van der Waals surface area contributed by atoms with Gasteiger partial charge in [0.25, 0.3) is 0 Å². The summed E-state index contributed by atoms with van der Waals surface area (Å²) in [6.45, 7) is 7.58. The molecule has 6 rings (SSSR count). The first-order valence-corrected chi connectivity index (χ1v) is 14.4. The first-order valence-electron chi connectivity index (χ1n) is 14.4. The van der Waals surface area contributed by atoms with Crippen LogP contribution >= 0.6 is 0 Å². The van der Waals surface area contributed by atoms with E-state index in [0.29, 0.717) is 28.5 Å². The Morgan fingerprint density at radius 1 is 0.907 bits per heavy atom. The van der Waals surface area contributed by atoms with E-state index in [2.05, 4.69) is 11.4 Å². The Morgan fingerprint density at radius 3 is 2.16 bits per heavy atom. The smallest absolute Gasteiger partial charge is 0.238 e. The molecule has 0 aromatic heterocycles. The molecule has 222 valence electrons. The van der Waals surface area contributed by atoms with Gasteiger partial charge < -0.3 is 24.4 Å². The lowest BCUT2D eigenvalue weighted by atomic mass is 9.63. The molecule has 3 aliphatic rings. The SMILES string of the molecule is COc1cc(C(=O)[C@@H]2[C@H](C(=O)C(C)(C)C)N3c4ccccc4C(C)=C[C@H]3[C@@]23C(=O)Nc2ccccc23)cc(OC)c1OC. The van der Waals surface area contributed by atoms with Gasteiger partial charge in [-0.15, -0.1) is 0 Å². The van der Waals surface area contributed by atoms with Gasteiger partial charge in [-0.25, -0.2) is 0 Å². The molecule has 3 heterocycles. The zero-order valence-electron chi connectivity index (χ0n) is 25.5. The molecule has 1 spiro atoms. The number of ketones is 2. The van der Waals surface area contributed by atoms with Gasteiger partial charge in [0.05, 0.1) is 33.3 Å². The Morgan fingerprint density at radius 2 is 1.53 bits per heavy atom. The molecular formula is C35H36N2O6. The first kappa shape index (κ1) is 28.5. The van der Waals surface area contributed by atoms with E-state index in [1.54, 1.807) is 12.1 Å². The molecule has 8 nitrogen and oxygen atoms in total. The molecular weight excluding hydrogens is 544 g/mol. The number of carbonyl (C=O) groups excluding carboxylic acids is 3. The van der Waals surface area contributed by atoms with Crippen molar-refractivity contribution in [3.05, 3.63) is 83.4 Å². The molecule has 0 bridgehead atoms. The van der Waals surface area contributed by atoms with Crippen LogP contribution in [0.5, 0.6) is 17.2 Å². The second-order valence-electron chi connectivity index (χ2n) is 12.4. The minimum absolute atomic E-state index is 0.125. The normalized spacial score (nSPS) is 23.6. The third-order valence-electron chi connectivity index (χ3n) is 9.12. The van der Waals surface area contributed by atoms with Crippen molar-refractivity contribution in [2.24, 2.45) is 11.3 Å². The van der Waals surface area contributed by atoms with Crippen LogP contribution in [0.2, 0.25) is 0 Å². The molecule has 4 atom stereocenters. The molecule has 1 fully saturated rings. The lowest BCUT2D eigenvalue weighted by Gasteiger charge is -2.39. The van der Waals surface area contributed by atoms with E-state index in [9.17, 15) is 9.59 Å². The maximum atomic E-state index is 15.1. The molecule has 1 N–H and O–H groups in total. The zero-order chi connectivity index (χ0) is 30.8. The summed E-state index contributed by atoms with van der Waals surface area (Å²) in [6, 6.07) is 17.0. The summed E-state index contributed by atoms with van der Waals surface area (Å²) in [6.07, 6.45) is 2.05. The first-order chi connectivity index (χ1) is 20.5. The monoisotopic (exact) mass is 580 g/mol. The number of Topliss-reactive ketones (excluding diaryl/α,β-unsaturated/α-hetero) is 2. The van der Waals surface area contributed by atoms with Gasteiger partial charge in [-0.2, -0.15) is 0 Å². The number of benzene rings is 3. The second kappa shape index (κ2) is 10.0. The molecule has 1 saturated heterocycles. The average Bonchev–Trinajstić information content (AvgIpc) is 3.47. The number of hydrogen-bond donors (Lipinski definition) is 1. The van der Waals surface area contributed by atoms with Gasteiger partial charge in [-0.3, -0.25) is 14.4 Å². The molecule has 1 amide bonds. The van der Waals surface area contributed by atoms with E-state index in [0.717, 1.165) is 16.8 Å². The van der Waals surface area contributed by atoms with E-state index < -0.39 is 28.8 Å². The standard InChI is InChI=1S/C35H36N2O6/c1-19-16-27-35(22-13-9-10-14-23(22)36-33(35)40)28(30(38)20-17-25(41-5)31(43-7)26(18-20)42-6)29(32(39)34(2,3)4)37(27)24-15-11-8-12-21(19)24/h8-18,27-29H,1-7H3,(H,36,40)/t27-,28-,29+,35+/m0/s1. The van der Waals surface area contributed by atoms with E-state index in [4.69, 9.17) is 14.2 Å². The molecule has 3 aromatic carbocycles. The van der Waals surface area contributed by atoms with Gasteiger partial charge in [0.2, 0.25) is 11.7 Å². The number of nitrogens with zero attached hydrogens (tertiary/aromatic N) is 1. The Balaban J connectivity index is 1.70. The molecule has 0 aliphatic carbocycles. The third-order valence-corrected chi connectivity index (χ3v) is 9.12. The Hall–Kier alpha value is -4.59. The lowest BCUT2D eigenvalue weighted by Crippen LogP contribution is -2.51. The van der Waals surface area contributed by atoms with Gasteiger partial charge in [0.1, 0.15) is 11.5 Å². The summed E-state index contributed by atoms with van der Waals surface area (Å²) in [5.41, 5.74) is 2.17. The van der Waals surface area contributed by atoms with Crippen LogP contribution in [0.3, 0.4) is 0 Å². The van der Waals surface area contributed by atoms with Crippen molar-refractivity contribution in [3.8, 4) is 17.2 Å². The summed E-state index contributed by atoms with van der Waals surface area (Å²) < 4.78 is 16.7. The van der Waals surface area contributed by atoms with Crippen LogP contribution < -0.4 is 24.4 Å². The minimum Gasteiger partial charge on any atom is -0.493 e. The number of anilines is 2. The molecule has 3 aliphatic heterocycles. The van der Waals surface area contributed by atoms with E-state index in [-0.39, 0.29) is 23.0 Å². The van der Waals surface area contributed by atoms with Crippen LogP contribution in [0.15, 0.2) is 66.7 Å². The fraction of sp³-hybridized carbons (Fsp3) is 0.343. The number of allylic oxidation sites excluding steroid dienone is 1. The van der Waals surface area contributed by atoms with Crippen LogP contribution in [0.1, 0.15) is 49.2 Å². The zero-order valence-corrected chi connectivity index (χ0v) is 25.5. The van der Waals surface area contributed by atoms with Crippen molar-refractivity contribution >= 4 is 34.4 Å². The highest BCUT2D eigenvalue weighted by Crippen LogP contribution is 2.59. The van der Waals surface area contributed by atoms with Crippen molar-refractivity contribution < 1.29 is 28.6 Å². The number of hydrogen-bond acceptors (Lipinski definition) is 7. The quantitative estimate of drug-likeness (QED) is 0.375. The molecule has 0 unspecified atom stereocenters. The molecule has 3 aromatic rings. The number of carbonyl (C=O) groups is 3. The highest BCUT2D eigenvalue weighted by molar-refractivity contribution is 6.17. The van der Waals surface area contributed by atoms with Crippen molar-refractivity contribution in [2.75, 3.05) is 31.5 Å². The molecule has 0 radical (unpaired) electrons. The summed E-state index contributed by atoms with van der Waals surface area (Å²) >= 11 is 0. The maximum Gasteiger partial charge on any atom is 0.238 e. The third kappa shape index (κ3) is 3.92. The molecule has 0 saturated carbocycles. The van der Waals surface area contributed by atoms with E-state index >= 15 is 4.79 Å². The Bertz CT molecular complexity index is 1680. The summed E-state index contributed by atoms with van der Waals surface area (Å²) in [5, 5.41) is 3.07. The van der Waals surface area contributed by atoms with Crippen LogP contribution in [-0.4, -0.2) is 50.9 Å². The fourth-order valence-corrected chi connectivity index (χ4v) is 7.23. The Kier molecular flexibility index (Phi) is 6.64. The van der Waals surface area contributed by atoms with E-state index in [1.807, 2.05) is 81.1 Å². The topological polar surface area (TPSA) is 94.2 Å². The van der Waals surface area contributed by atoms with Gasteiger partial charge in [0, 0.05) is 27.9 Å². The lowest BCUT2D eigenvalue weighted by molar-refractivity contribution is -0.128. The van der Waals surface area contributed by atoms with Crippen LogP contribution in [0.25, 0.3) is 5.57 Å². The highest BCUT2D eigenvalue weighted by Gasteiger charge is 2.71. The molecule has 43 heavy (non-hydrogen) atoms. The highest BCUT2D eigenvalue weighted by atomic mass is 16.5. The summed E-state index contributed by atoms with van der Waals surface area (Å²) in [5.74, 6) is -0.893. The van der Waals surface area contributed by atoms with Crippen LogP contribution in [-0.2, 0) is 15.0 Å². The number of rotatable bonds is 6. The number of nitrogens with one attached hydrogen (secondary N) is 1. The predicted molar refractivity (Wildman–Crippen MR) is 165 cm³/mol. The predicted octanol–water partition coefficient (Wildman–Crippen LogP) is 5.69. The van der Waals surface area contributed by atoms with Crippen LogP contribution in [0.4, 0.5) is 11.4 Å². The second-order valence-corrected chi connectivity index (χ2v) is 12.4. The van der Waals surface area contributed by atoms with Crippen molar-refractivity contribution in [1.82, 2.24) is 0 Å². The molecule has 8 heteroatoms. The number of methoxy groups -OCH3 is 3. The average molecular weight is 581 g/mol. The van der Waals surface area contributed by atoms with Gasteiger partial charge in [-0.05, 0) is 42.3 Å². The summed E-state index contributed by atoms with van der Waals surface area (Å²) in [7, 11) is 4.47. The number of para-hydroxylation sites is 2. The minimum atomic E-state index is -1.39. The summed E-state index contributed by atoms with van der Waals surface area (Å²) in [4.78, 5) is 46.4. The maximum absolute atomic E-state index is 15.1. The number of ether oxygens (including phenoxy) is 3. The van der Waals surface area contributed by atoms with Crippen molar-refractivity contribution in [3.63, 3.8) is 0 Å². The number of amides is 1. The van der Waals surface area contributed by atoms with Crippen LogP contribution in [0, 0.1) is 11.3 Å². The Labute approximate surface area is 251 Å². The van der Waals surface area contributed by atoms with Gasteiger partial charge in [-0.1, -0.05) is 63.2 Å². The fourth-order valence-electron chi connectivity index (χ4n) is 7.23. The van der Waals surface area contributed by atoms with Gasteiger partial charge in [0.15, 0.2) is 23.1 Å². The number of fused-ring (bicyclic) bond motifs is 6. The van der Waals surface area contributed by atoms with Crippen molar-refractivity contribution in [2.45, 2.75) is 45.2 Å². The van der Waals surface area contributed by atoms with E-state index in [1.165, 1.54) is 21.3 Å². The van der Waals surface area contributed by atoms with Crippen molar-refractivity contribution in [1.29, 1.82) is 0 Å². The largest absolute Gasteiger partial charge is 0.493 e.